The summed E-state index contributed by atoms with van der Waals surface area (Å²) in [7, 11) is 0. The van der Waals surface area contributed by atoms with Gasteiger partial charge in [-0.1, -0.05) is 32.0 Å². The van der Waals surface area contributed by atoms with Crippen LogP contribution in [0.3, 0.4) is 0 Å². The quantitative estimate of drug-likeness (QED) is 0.723. The van der Waals surface area contributed by atoms with Crippen LogP contribution in [0.5, 0.6) is 5.75 Å². The lowest BCUT2D eigenvalue weighted by Crippen LogP contribution is -2.05. The first-order valence-corrected chi connectivity index (χ1v) is 7.31. The Labute approximate surface area is 126 Å². The number of nitrogens with zero attached hydrogens (tertiary/aromatic N) is 1. The Bertz CT molecular complexity index is 562. The molecule has 2 rings (SSSR count). The monoisotopic (exact) mass is 283 g/mol. The summed E-state index contributed by atoms with van der Waals surface area (Å²) in [5, 5.41) is 0. The lowest BCUT2D eigenvalue weighted by molar-refractivity contribution is 0.0978. The van der Waals surface area contributed by atoms with E-state index in [1.165, 1.54) is 0 Å². The molecule has 0 saturated heterocycles. The molecule has 0 aliphatic rings. The molecule has 0 spiro atoms. The molecule has 0 aliphatic carbocycles. The van der Waals surface area contributed by atoms with E-state index in [2.05, 4.69) is 18.8 Å². The molecule has 3 heteroatoms. The maximum absolute atomic E-state index is 12.0. The van der Waals surface area contributed by atoms with E-state index in [1.807, 2.05) is 36.4 Å². The molecule has 0 N–H and O–H groups in total. The van der Waals surface area contributed by atoms with Crippen LogP contribution in [0.4, 0.5) is 0 Å². The van der Waals surface area contributed by atoms with Crippen molar-refractivity contribution in [2.24, 2.45) is 5.92 Å². The number of ether oxygens (including phenoxy) is 1. The number of hydrogen-bond acceptors (Lipinski definition) is 3. The number of hydrogen-bond donors (Lipinski definition) is 0. The van der Waals surface area contributed by atoms with Crippen LogP contribution in [0.15, 0.2) is 48.7 Å². The van der Waals surface area contributed by atoms with E-state index in [1.54, 1.807) is 12.3 Å². The summed E-state index contributed by atoms with van der Waals surface area (Å²) in [5.74, 6) is 1.47. The predicted octanol–water partition coefficient (Wildman–Crippen LogP) is 3.93. The minimum Gasteiger partial charge on any atom is -0.493 e. The number of pyridine rings is 1. The van der Waals surface area contributed by atoms with Crippen molar-refractivity contribution in [2.45, 2.75) is 26.7 Å². The molecule has 0 atom stereocenters. The average molecular weight is 283 g/mol. The largest absolute Gasteiger partial charge is 0.493 e. The number of ketones is 1. The van der Waals surface area contributed by atoms with Gasteiger partial charge in [0.2, 0.25) is 0 Å². The van der Waals surface area contributed by atoms with E-state index in [9.17, 15) is 4.79 Å². The van der Waals surface area contributed by atoms with Crippen molar-refractivity contribution < 1.29 is 9.53 Å². The molecule has 0 unspecified atom stereocenters. The maximum Gasteiger partial charge on any atom is 0.181 e. The first-order chi connectivity index (χ1) is 10.1. The van der Waals surface area contributed by atoms with Gasteiger partial charge in [0.15, 0.2) is 5.78 Å². The smallest absolute Gasteiger partial charge is 0.181 e. The zero-order valence-corrected chi connectivity index (χ0v) is 12.6. The highest BCUT2D eigenvalue weighted by atomic mass is 16.5. The Balaban J connectivity index is 1.85. The van der Waals surface area contributed by atoms with Gasteiger partial charge < -0.3 is 4.74 Å². The lowest BCUT2D eigenvalue weighted by atomic mass is 10.1. The van der Waals surface area contributed by atoms with E-state index in [0.717, 1.165) is 24.3 Å². The Hall–Kier alpha value is -2.16. The summed E-state index contributed by atoms with van der Waals surface area (Å²) in [5.41, 5.74) is 1.67. The standard InChI is InChI=1S/C18H21NO2/c1-14(2)13-21-16-9-6-15(7-10-16)8-11-18(20)17-5-3-4-12-19-17/h3-7,9-10,12,14H,8,11,13H2,1-2H3. The van der Waals surface area contributed by atoms with E-state index >= 15 is 0 Å². The average Bonchev–Trinajstić information content (AvgIpc) is 2.52. The number of carbonyl (C=O) groups is 1. The first kappa shape index (κ1) is 15.2. The highest BCUT2D eigenvalue weighted by Gasteiger charge is 2.07. The van der Waals surface area contributed by atoms with Crippen LogP contribution in [-0.2, 0) is 6.42 Å². The van der Waals surface area contributed by atoms with Gasteiger partial charge in [0, 0.05) is 12.6 Å². The third kappa shape index (κ3) is 5.03. The Morgan fingerprint density at radius 1 is 1.14 bits per heavy atom. The third-order valence-electron chi connectivity index (χ3n) is 3.10. The maximum atomic E-state index is 12.0. The highest BCUT2D eigenvalue weighted by molar-refractivity contribution is 5.94. The van der Waals surface area contributed by atoms with Crippen LogP contribution < -0.4 is 4.74 Å². The molecule has 110 valence electrons. The van der Waals surface area contributed by atoms with Crippen molar-refractivity contribution in [3.05, 3.63) is 59.9 Å². The molecule has 0 amide bonds. The summed E-state index contributed by atoms with van der Waals surface area (Å²) in [6.45, 7) is 4.96. The van der Waals surface area contributed by atoms with Gasteiger partial charge in [0.05, 0.1) is 6.61 Å². The number of benzene rings is 1. The summed E-state index contributed by atoms with van der Waals surface area (Å²) >= 11 is 0. The summed E-state index contributed by atoms with van der Waals surface area (Å²) in [4.78, 5) is 16.1. The van der Waals surface area contributed by atoms with E-state index < -0.39 is 0 Å². The molecule has 2 aromatic rings. The molecule has 0 fully saturated rings. The molecule has 21 heavy (non-hydrogen) atoms. The minimum atomic E-state index is 0.0794. The zero-order chi connectivity index (χ0) is 15.1. The zero-order valence-electron chi connectivity index (χ0n) is 12.6. The minimum absolute atomic E-state index is 0.0794. The van der Waals surface area contributed by atoms with Crippen LogP contribution in [0.1, 0.15) is 36.3 Å². The van der Waals surface area contributed by atoms with Crippen molar-refractivity contribution in [3.63, 3.8) is 0 Å². The second kappa shape index (κ2) is 7.58. The summed E-state index contributed by atoms with van der Waals surface area (Å²) in [6.07, 6.45) is 2.84. The second-order valence-electron chi connectivity index (χ2n) is 5.49. The Morgan fingerprint density at radius 3 is 2.52 bits per heavy atom. The summed E-state index contributed by atoms with van der Waals surface area (Å²) < 4.78 is 5.64. The van der Waals surface area contributed by atoms with Gasteiger partial charge in [0.25, 0.3) is 0 Å². The van der Waals surface area contributed by atoms with Crippen LogP contribution in [0, 0.1) is 5.92 Å². The topological polar surface area (TPSA) is 39.2 Å². The SMILES string of the molecule is CC(C)COc1ccc(CCC(=O)c2ccccn2)cc1. The molecular formula is C18H21NO2. The van der Waals surface area contributed by atoms with Gasteiger partial charge >= 0.3 is 0 Å². The highest BCUT2D eigenvalue weighted by Crippen LogP contribution is 2.15. The molecule has 3 nitrogen and oxygen atoms in total. The normalized spacial score (nSPS) is 10.6. The molecule has 1 aromatic heterocycles. The molecule has 0 aliphatic heterocycles. The lowest BCUT2D eigenvalue weighted by Gasteiger charge is -2.09. The van der Waals surface area contributed by atoms with Gasteiger partial charge in [0.1, 0.15) is 11.4 Å². The second-order valence-corrected chi connectivity index (χ2v) is 5.49. The molecule has 1 heterocycles. The Morgan fingerprint density at radius 2 is 1.90 bits per heavy atom. The van der Waals surface area contributed by atoms with E-state index in [-0.39, 0.29) is 5.78 Å². The number of rotatable bonds is 7. The fourth-order valence-corrected chi connectivity index (χ4v) is 1.93. The number of carbonyl (C=O) groups excluding carboxylic acids is 1. The molecule has 0 bridgehead atoms. The van der Waals surface area contributed by atoms with E-state index in [4.69, 9.17) is 4.74 Å². The molecule has 1 aromatic carbocycles. The third-order valence-corrected chi connectivity index (χ3v) is 3.10. The van der Waals surface area contributed by atoms with Gasteiger partial charge in [-0.05, 0) is 42.2 Å². The van der Waals surface area contributed by atoms with Crippen LogP contribution in [-0.4, -0.2) is 17.4 Å². The van der Waals surface area contributed by atoms with Gasteiger partial charge in [-0.15, -0.1) is 0 Å². The van der Waals surface area contributed by atoms with Crippen LogP contribution in [0.25, 0.3) is 0 Å². The Kier molecular flexibility index (Phi) is 5.50. The molecule has 0 radical (unpaired) electrons. The van der Waals surface area contributed by atoms with Crippen LogP contribution in [0.2, 0.25) is 0 Å². The molecule has 0 saturated carbocycles. The van der Waals surface area contributed by atoms with Crippen molar-refractivity contribution in [3.8, 4) is 5.75 Å². The fourth-order valence-electron chi connectivity index (χ4n) is 1.93. The van der Waals surface area contributed by atoms with Gasteiger partial charge in [-0.3, -0.25) is 9.78 Å². The number of aryl methyl sites for hydroxylation is 1. The van der Waals surface area contributed by atoms with Crippen molar-refractivity contribution in [2.75, 3.05) is 6.61 Å². The van der Waals surface area contributed by atoms with Crippen molar-refractivity contribution in [1.82, 2.24) is 4.98 Å². The summed E-state index contributed by atoms with van der Waals surface area (Å²) in [6, 6.07) is 13.4. The van der Waals surface area contributed by atoms with Crippen molar-refractivity contribution >= 4 is 5.78 Å². The number of Topliss-reactive ketones (excluding diaryl/α,β-unsaturated/α-hetero) is 1. The van der Waals surface area contributed by atoms with Crippen molar-refractivity contribution in [1.29, 1.82) is 0 Å². The fraction of sp³-hybridized carbons (Fsp3) is 0.333. The first-order valence-electron chi connectivity index (χ1n) is 7.31. The molecular weight excluding hydrogens is 262 g/mol. The van der Waals surface area contributed by atoms with Crippen LogP contribution >= 0.6 is 0 Å². The van der Waals surface area contributed by atoms with Gasteiger partial charge in [-0.2, -0.15) is 0 Å². The predicted molar refractivity (Wildman–Crippen MR) is 83.7 cm³/mol. The van der Waals surface area contributed by atoms with Gasteiger partial charge in [-0.25, -0.2) is 0 Å². The van der Waals surface area contributed by atoms with E-state index in [0.29, 0.717) is 18.0 Å². The number of aromatic nitrogens is 1.